The second kappa shape index (κ2) is 7.47. The summed E-state index contributed by atoms with van der Waals surface area (Å²) in [6.07, 6.45) is 4.16. The predicted molar refractivity (Wildman–Crippen MR) is 60.4 cm³/mol. The number of carbonyl (C=O) groups excluding carboxylic acids is 1. The van der Waals surface area contributed by atoms with E-state index in [0.717, 1.165) is 32.1 Å². The van der Waals surface area contributed by atoms with Gasteiger partial charge in [-0.3, -0.25) is 0 Å². The van der Waals surface area contributed by atoms with Crippen LogP contribution in [0.1, 0.15) is 19.3 Å². The number of rotatable bonds is 7. The quantitative estimate of drug-likeness (QED) is 0.360. The molecular weight excluding hydrogens is 147 g/mol. The van der Waals surface area contributed by atoms with Crippen molar-refractivity contribution >= 4 is 28.4 Å². The Morgan fingerprint density at radius 2 is 2.17 bits per heavy atom. The molecule has 66 valence electrons. The minimum atomic E-state index is 0.293. The summed E-state index contributed by atoms with van der Waals surface area (Å²) in [6, 6.07) is 0. The molecule has 0 aliphatic heterocycles. The molecule has 0 aliphatic rings. The normalized spacial score (nSPS) is 12.4. The van der Waals surface area contributed by atoms with Crippen molar-refractivity contribution in [3.63, 3.8) is 0 Å². The van der Waals surface area contributed by atoms with E-state index < -0.39 is 0 Å². The van der Waals surface area contributed by atoms with Crippen molar-refractivity contribution in [3.05, 3.63) is 0 Å². The third kappa shape index (κ3) is 4.65. The summed E-state index contributed by atoms with van der Waals surface area (Å²) in [5.41, 5.74) is 5.79. The van der Waals surface area contributed by atoms with Crippen LogP contribution >= 0.6 is 0 Å². The Morgan fingerprint density at radius 3 is 2.58 bits per heavy atom. The monoisotopic (exact) mass is 165 g/mol. The Morgan fingerprint density at radius 1 is 1.50 bits per heavy atom. The van der Waals surface area contributed by atoms with E-state index in [2.05, 4.69) is 7.85 Å². The average molecular weight is 165 g/mol. The number of carbonyl (C=O) groups is 1. The van der Waals surface area contributed by atoms with Crippen LogP contribution in [0, 0.1) is 5.92 Å². The highest BCUT2D eigenvalue weighted by atomic mass is 16.1. The molecule has 0 bridgehead atoms. The fraction of sp³-hybridized carbons (Fsp3) is 0.857. The molecule has 0 unspecified atom stereocenters. The van der Waals surface area contributed by atoms with Gasteiger partial charge in [-0.05, 0) is 25.3 Å². The van der Waals surface area contributed by atoms with Crippen molar-refractivity contribution in [2.75, 3.05) is 6.54 Å². The Labute approximate surface area is 77.7 Å². The molecule has 0 aromatic rings. The first-order valence-electron chi connectivity index (χ1n) is 4.99. The van der Waals surface area contributed by atoms with Gasteiger partial charge in [0.15, 0.2) is 7.17 Å². The molecule has 0 heterocycles. The Kier molecular flexibility index (Phi) is 7.36. The maximum Gasteiger partial charge on any atom is 0.166 e. The zero-order valence-corrected chi connectivity index (χ0v) is 8.31. The van der Waals surface area contributed by atoms with E-state index in [9.17, 15) is 4.79 Å². The third-order valence-electron chi connectivity index (χ3n) is 2.30. The van der Waals surface area contributed by atoms with Gasteiger partial charge in [-0.2, -0.15) is 0 Å². The number of unbranched alkanes of at least 4 members (excludes halogenated alkanes) is 1. The van der Waals surface area contributed by atoms with Crippen molar-refractivity contribution in [1.82, 2.24) is 0 Å². The second-order valence-electron chi connectivity index (χ2n) is 3.21. The summed E-state index contributed by atoms with van der Waals surface area (Å²) in [6.45, 7) is 0.747. The van der Waals surface area contributed by atoms with Crippen molar-refractivity contribution in [3.8, 4) is 0 Å². The molecule has 0 spiro atoms. The molecule has 0 radical (unpaired) electrons. The first-order valence-corrected chi connectivity index (χ1v) is 4.99. The molecule has 0 saturated heterocycles. The van der Waals surface area contributed by atoms with Gasteiger partial charge >= 0.3 is 0 Å². The molecule has 0 aliphatic carbocycles. The molecule has 2 N–H and O–H groups in total. The van der Waals surface area contributed by atoms with E-state index in [4.69, 9.17) is 5.73 Å². The molecule has 0 amide bonds. The van der Waals surface area contributed by atoms with E-state index in [1.54, 1.807) is 0 Å². The topological polar surface area (TPSA) is 43.1 Å². The van der Waals surface area contributed by atoms with Crippen LogP contribution in [0.3, 0.4) is 0 Å². The van der Waals surface area contributed by atoms with Crippen LogP contribution in [0.5, 0.6) is 0 Å². The predicted octanol–water partition coefficient (Wildman–Crippen LogP) is -1.71. The van der Waals surface area contributed by atoms with Crippen molar-refractivity contribution in [2.45, 2.75) is 25.6 Å². The van der Waals surface area contributed by atoms with Crippen LogP contribution < -0.4 is 5.73 Å². The fourth-order valence-electron chi connectivity index (χ4n) is 1.42. The largest absolute Gasteiger partial charge is 0.330 e. The summed E-state index contributed by atoms with van der Waals surface area (Å²) in [4.78, 5) is 11.3. The lowest BCUT2D eigenvalue weighted by atomic mass is 9.49. The van der Waals surface area contributed by atoms with E-state index in [-0.39, 0.29) is 0 Å². The summed E-state index contributed by atoms with van der Waals surface area (Å²) < 4.78 is 0. The standard InChI is InChI=1S/C7H18B3NO/c8-5-6(7(12)10-9)3-1-2-4-11/h6,10H,1-5,8-9,11H2/t6-/m1/s1. The van der Waals surface area contributed by atoms with Crippen LogP contribution in [0.2, 0.25) is 6.32 Å². The summed E-state index contributed by atoms with van der Waals surface area (Å²) in [5, 5.41) is 0. The number of hydrogen-bond donors (Lipinski definition) is 1. The zero-order valence-electron chi connectivity index (χ0n) is 8.31. The van der Waals surface area contributed by atoms with Gasteiger partial charge in [0.2, 0.25) is 0 Å². The second-order valence-corrected chi connectivity index (χ2v) is 3.21. The SMILES string of the molecule is BBC(=O)[C@@H](CB)CCCCN. The minimum absolute atomic E-state index is 0.293. The zero-order chi connectivity index (χ0) is 9.40. The van der Waals surface area contributed by atoms with Gasteiger partial charge in [-0.15, -0.1) is 0 Å². The number of nitrogens with two attached hydrogens (primary N) is 1. The highest BCUT2D eigenvalue weighted by molar-refractivity contribution is 7.08. The van der Waals surface area contributed by atoms with Gasteiger partial charge in [0.05, 0.1) is 13.4 Å². The third-order valence-corrected chi connectivity index (χ3v) is 2.30. The minimum Gasteiger partial charge on any atom is -0.330 e. The van der Waals surface area contributed by atoms with E-state index in [0.29, 0.717) is 18.8 Å². The first-order chi connectivity index (χ1) is 5.76. The Bertz CT molecular complexity index is 132. The van der Waals surface area contributed by atoms with E-state index >= 15 is 0 Å². The van der Waals surface area contributed by atoms with Gasteiger partial charge in [0.25, 0.3) is 0 Å². The summed E-state index contributed by atoms with van der Waals surface area (Å²) in [7, 11) is 4.70. The van der Waals surface area contributed by atoms with Gasteiger partial charge in [0.1, 0.15) is 7.85 Å². The Balaban J connectivity index is 3.60. The Hall–Kier alpha value is -0.175. The fourth-order valence-corrected chi connectivity index (χ4v) is 1.42. The maximum absolute atomic E-state index is 11.3. The van der Waals surface area contributed by atoms with Crippen molar-refractivity contribution in [2.24, 2.45) is 11.7 Å². The lowest BCUT2D eigenvalue weighted by Crippen LogP contribution is -2.21. The lowest BCUT2D eigenvalue weighted by molar-refractivity contribution is -0.115. The van der Waals surface area contributed by atoms with Gasteiger partial charge in [-0.1, -0.05) is 12.7 Å². The summed E-state index contributed by atoms with van der Waals surface area (Å²) in [5.74, 6) is 0.293. The van der Waals surface area contributed by atoms with Crippen LogP contribution in [0.25, 0.3) is 0 Å². The smallest absolute Gasteiger partial charge is 0.166 e. The molecule has 0 aromatic carbocycles. The van der Waals surface area contributed by atoms with Crippen molar-refractivity contribution in [1.29, 1.82) is 0 Å². The van der Waals surface area contributed by atoms with Crippen LogP contribution in [0.4, 0.5) is 0 Å². The van der Waals surface area contributed by atoms with E-state index in [1.807, 2.05) is 7.74 Å². The van der Waals surface area contributed by atoms with Crippen LogP contribution in [-0.2, 0) is 4.79 Å². The van der Waals surface area contributed by atoms with Crippen LogP contribution in [-0.4, -0.2) is 35.0 Å². The molecule has 0 rings (SSSR count). The highest BCUT2D eigenvalue weighted by Gasteiger charge is 2.13. The molecule has 0 aromatic heterocycles. The maximum atomic E-state index is 11.3. The molecule has 2 nitrogen and oxygen atoms in total. The molecular formula is C7H18B3NO. The molecule has 12 heavy (non-hydrogen) atoms. The molecule has 5 heteroatoms. The first kappa shape index (κ1) is 11.8. The highest BCUT2D eigenvalue weighted by Crippen LogP contribution is 2.11. The van der Waals surface area contributed by atoms with Gasteiger partial charge < -0.3 is 10.5 Å². The van der Waals surface area contributed by atoms with Gasteiger partial charge in [0, 0.05) is 0 Å². The molecule has 1 atom stereocenters. The number of hydrogen-bond acceptors (Lipinski definition) is 2. The van der Waals surface area contributed by atoms with Crippen LogP contribution in [0.15, 0.2) is 0 Å². The molecule has 0 saturated carbocycles. The average Bonchev–Trinajstić information content (AvgIpc) is 2.11. The summed E-state index contributed by atoms with van der Waals surface area (Å²) >= 11 is 0. The van der Waals surface area contributed by atoms with Crippen molar-refractivity contribution < 1.29 is 4.79 Å². The molecule has 0 fully saturated rings. The van der Waals surface area contributed by atoms with E-state index in [1.165, 1.54) is 0 Å². The lowest BCUT2D eigenvalue weighted by Gasteiger charge is -2.11. The van der Waals surface area contributed by atoms with Gasteiger partial charge in [-0.25, -0.2) is 0 Å².